The molecule has 122 valence electrons. The summed E-state index contributed by atoms with van der Waals surface area (Å²) in [7, 11) is 1.53. The average Bonchev–Trinajstić information content (AvgIpc) is 2.45. The largest absolute Gasteiger partial charge is 0.481 e. The highest BCUT2D eigenvalue weighted by molar-refractivity contribution is 5.91. The van der Waals surface area contributed by atoms with Gasteiger partial charge in [-0.25, -0.2) is 14.2 Å². The van der Waals surface area contributed by atoms with Crippen LogP contribution in [0.4, 0.5) is 4.39 Å². The number of aromatic nitrogens is 1. The number of esters is 1. The normalized spacial score (nSPS) is 11.2. The number of methoxy groups -OCH3 is 1. The maximum absolute atomic E-state index is 14.2. The van der Waals surface area contributed by atoms with E-state index in [9.17, 15) is 9.18 Å². The van der Waals surface area contributed by atoms with Crippen LogP contribution in [0.25, 0.3) is 11.1 Å². The van der Waals surface area contributed by atoms with Crippen molar-refractivity contribution < 1.29 is 18.7 Å². The number of rotatable bonds is 3. The molecule has 0 radical (unpaired) electrons. The fourth-order valence-electron chi connectivity index (χ4n) is 2.13. The standard InChI is InChI=1S/C18H20FNO3/c1-11-8-13(10-20-16(11)22-5)14-9-12(6-7-15(14)19)17(21)23-18(2,3)4/h6-10H,1-5H3. The fraction of sp³-hybridized carbons (Fsp3) is 0.333. The first-order chi connectivity index (χ1) is 10.7. The topological polar surface area (TPSA) is 48.4 Å². The Morgan fingerprint density at radius 1 is 1.22 bits per heavy atom. The van der Waals surface area contributed by atoms with Crippen molar-refractivity contribution in [2.75, 3.05) is 7.11 Å². The van der Waals surface area contributed by atoms with Crippen LogP contribution in [0.2, 0.25) is 0 Å². The van der Waals surface area contributed by atoms with Crippen molar-refractivity contribution in [3.8, 4) is 17.0 Å². The zero-order valence-electron chi connectivity index (χ0n) is 13.9. The minimum Gasteiger partial charge on any atom is -0.481 e. The number of carbonyl (C=O) groups excluding carboxylic acids is 1. The summed E-state index contributed by atoms with van der Waals surface area (Å²) in [5.41, 5.74) is 1.35. The maximum Gasteiger partial charge on any atom is 0.338 e. The summed E-state index contributed by atoms with van der Waals surface area (Å²) in [6, 6.07) is 5.92. The van der Waals surface area contributed by atoms with E-state index < -0.39 is 17.4 Å². The van der Waals surface area contributed by atoms with Crippen LogP contribution < -0.4 is 4.74 Å². The van der Waals surface area contributed by atoms with Crippen molar-refractivity contribution in [3.63, 3.8) is 0 Å². The van der Waals surface area contributed by atoms with Crippen LogP contribution in [0.15, 0.2) is 30.5 Å². The Balaban J connectivity index is 2.42. The molecule has 0 atom stereocenters. The van der Waals surface area contributed by atoms with Crippen molar-refractivity contribution in [1.82, 2.24) is 4.98 Å². The van der Waals surface area contributed by atoms with Gasteiger partial charge in [-0.1, -0.05) is 0 Å². The lowest BCUT2D eigenvalue weighted by Gasteiger charge is -2.19. The minimum atomic E-state index is -0.607. The van der Waals surface area contributed by atoms with E-state index in [0.29, 0.717) is 22.6 Å². The number of aryl methyl sites for hydroxylation is 1. The second-order valence-corrected chi connectivity index (χ2v) is 6.25. The van der Waals surface area contributed by atoms with Crippen LogP contribution in [-0.4, -0.2) is 23.7 Å². The Hall–Kier alpha value is -2.43. The van der Waals surface area contributed by atoms with Gasteiger partial charge in [0.2, 0.25) is 5.88 Å². The highest BCUT2D eigenvalue weighted by Gasteiger charge is 2.19. The quantitative estimate of drug-likeness (QED) is 0.798. The van der Waals surface area contributed by atoms with Crippen molar-refractivity contribution in [2.45, 2.75) is 33.3 Å². The number of benzene rings is 1. The van der Waals surface area contributed by atoms with Gasteiger partial charge in [0, 0.05) is 22.9 Å². The van der Waals surface area contributed by atoms with Gasteiger partial charge in [-0.2, -0.15) is 0 Å². The Bertz CT molecular complexity index is 736. The lowest BCUT2D eigenvalue weighted by Crippen LogP contribution is -2.23. The van der Waals surface area contributed by atoms with E-state index in [4.69, 9.17) is 9.47 Å². The molecule has 1 aromatic carbocycles. The highest BCUT2D eigenvalue weighted by atomic mass is 19.1. The van der Waals surface area contributed by atoms with Crippen LogP contribution in [0.5, 0.6) is 5.88 Å². The molecule has 0 saturated heterocycles. The van der Waals surface area contributed by atoms with E-state index in [1.165, 1.54) is 31.5 Å². The zero-order valence-corrected chi connectivity index (χ0v) is 13.9. The number of hydrogen-bond donors (Lipinski definition) is 0. The van der Waals surface area contributed by atoms with Crippen LogP contribution in [0, 0.1) is 12.7 Å². The van der Waals surface area contributed by atoms with Crippen molar-refractivity contribution in [1.29, 1.82) is 0 Å². The number of nitrogens with zero attached hydrogens (tertiary/aromatic N) is 1. The Labute approximate surface area is 135 Å². The maximum atomic E-state index is 14.2. The number of ether oxygens (including phenoxy) is 2. The lowest BCUT2D eigenvalue weighted by molar-refractivity contribution is 0.00695. The fourth-order valence-corrected chi connectivity index (χ4v) is 2.13. The second kappa shape index (κ2) is 6.36. The Kier molecular flexibility index (Phi) is 4.68. The predicted molar refractivity (Wildman–Crippen MR) is 86.1 cm³/mol. The average molecular weight is 317 g/mol. The molecule has 0 aliphatic heterocycles. The van der Waals surface area contributed by atoms with Crippen LogP contribution >= 0.6 is 0 Å². The molecule has 4 nitrogen and oxygen atoms in total. The summed E-state index contributed by atoms with van der Waals surface area (Å²) in [4.78, 5) is 16.3. The summed E-state index contributed by atoms with van der Waals surface area (Å²) in [5.74, 6) is -0.432. The molecule has 0 saturated carbocycles. The predicted octanol–water partition coefficient (Wildman–Crippen LogP) is 4.16. The summed E-state index contributed by atoms with van der Waals surface area (Å²) >= 11 is 0. The molecule has 5 heteroatoms. The smallest absolute Gasteiger partial charge is 0.338 e. The third-order valence-corrected chi connectivity index (χ3v) is 3.14. The molecule has 2 aromatic rings. The summed E-state index contributed by atoms with van der Waals surface area (Å²) in [6.45, 7) is 7.18. The van der Waals surface area contributed by atoms with Gasteiger partial charge >= 0.3 is 5.97 Å². The van der Waals surface area contributed by atoms with E-state index in [1.807, 2.05) is 6.92 Å². The van der Waals surface area contributed by atoms with Crippen molar-refractivity contribution >= 4 is 5.97 Å². The lowest BCUT2D eigenvalue weighted by atomic mass is 10.0. The van der Waals surface area contributed by atoms with Gasteiger partial charge in [0.25, 0.3) is 0 Å². The zero-order chi connectivity index (χ0) is 17.2. The third-order valence-electron chi connectivity index (χ3n) is 3.14. The highest BCUT2D eigenvalue weighted by Crippen LogP contribution is 2.27. The van der Waals surface area contributed by atoms with E-state index in [-0.39, 0.29) is 0 Å². The van der Waals surface area contributed by atoms with Gasteiger partial charge in [0.15, 0.2) is 0 Å². The van der Waals surface area contributed by atoms with Crippen LogP contribution in [0.1, 0.15) is 36.7 Å². The molecule has 0 spiro atoms. The SMILES string of the molecule is COc1ncc(-c2cc(C(=O)OC(C)(C)C)ccc2F)cc1C. The van der Waals surface area contributed by atoms with Gasteiger partial charge in [-0.15, -0.1) is 0 Å². The van der Waals surface area contributed by atoms with Crippen LogP contribution in [0.3, 0.4) is 0 Å². The summed E-state index contributed by atoms with van der Waals surface area (Å²) < 4.78 is 24.6. The molecule has 0 bridgehead atoms. The molecule has 1 aromatic heterocycles. The summed E-state index contributed by atoms with van der Waals surface area (Å²) in [6.07, 6.45) is 1.52. The molecule has 0 N–H and O–H groups in total. The van der Waals surface area contributed by atoms with Gasteiger partial charge in [-0.05, 0) is 52.0 Å². The Morgan fingerprint density at radius 2 is 1.91 bits per heavy atom. The van der Waals surface area contributed by atoms with E-state index >= 15 is 0 Å². The van der Waals surface area contributed by atoms with Crippen molar-refractivity contribution in [2.24, 2.45) is 0 Å². The Morgan fingerprint density at radius 3 is 2.48 bits per heavy atom. The van der Waals surface area contributed by atoms with E-state index in [0.717, 1.165) is 5.56 Å². The first kappa shape index (κ1) is 16.9. The first-order valence-corrected chi connectivity index (χ1v) is 7.25. The van der Waals surface area contributed by atoms with E-state index in [1.54, 1.807) is 26.8 Å². The van der Waals surface area contributed by atoms with Gasteiger partial charge in [0.05, 0.1) is 12.7 Å². The molecule has 1 heterocycles. The number of hydrogen-bond acceptors (Lipinski definition) is 4. The third kappa shape index (κ3) is 4.06. The number of halogens is 1. The number of carbonyl (C=O) groups is 1. The monoisotopic (exact) mass is 317 g/mol. The van der Waals surface area contributed by atoms with Crippen molar-refractivity contribution in [3.05, 3.63) is 47.4 Å². The van der Waals surface area contributed by atoms with Crippen LogP contribution in [-0.2, 0) is 4.74 Å². The molecule has 0 amide bonds. The minimum absolute atomic E-state index is 0.296. The molecule has 0 aliphatic rings. The second-order valence-electron chi connectivity index (χ2n) is 6.25. The molecule has 0 unspecified atom stereocenters. The van der Waals surface area contributed by atoms with Gasteiger partial charge < -0.3 is 9.47 Å². The molecule has 2 rings (SSSR count). The first-order valence-electron chi connectivity index (χ1n) is 7.25. The van der Waals surface area contributed by atoms with Gasteiger partial charge in [0.1, 0.15) is 11.4 Å². The molecule has 0 fully saturated rings. The molecule has 23 heavy (non-hydrogen) atoms. The molecular formula is C18H20FNO3. The number of pyridine rings is 1. The van der Waals surface area contributed by atoms with E-state index in [2.05, 4.69) is 4.98 Å². The molecular weight excluding hydrogens is 297 g/mol. The summed E-state index contributed by atoms with van der Waals surface area (Å²) in [5, 5.41) is 0. The molecule has 0 aliphatic carbocycles. The van der Waals surface area contributed by atoms with Gasteiger partial charge in [-0.3, -0.25) is 0 Å².